The SMILES string of the molecule is O=C1COc2cc(F)c(C(=O)N3CCC(COc4cccc(-c5ccccc5)c4)CC3)cc2C1. The van der Waals surface area contributed by atoms with E-state index in [4.69, 9.17) is 9.47 Å². The highest BCUT2D eigenvalue weighted by Crippen LogP contribution is 2.29. The molecule has 2 aliphatic heterocycles. The molecule has 0 saturated carbocycles. The molecule has 3 aromatic carbocycles. The molecule has 0 bridgehead atoms. The van der Waals surface area contributed by atoms with Gasteiger partial charge < -0.3 is 14.4 Å². The highest BCUT2D eigenvalue weighted by Gasteiger charge is 2.28. The summed E-state index contributed by atoms with van der Waals surface area (Å²) in [7, 11) is 0. The number of benzene rings is 3. The lowest BCUT2D eigenvalue weighted by Crippen LogP contribution is -2.40. The van der Waals surface area contributed by atoms with Crippen molar-refractivity contribution < 1.29 is 23.5 Å². The van der Waals surface area contributed by atoms with Crippen LogP contribution in [0.1, 0.15) is 28.8 Å². The minimum Gasteiger partial charge on any atom is -0.493 e. The molecule has 6 heteroatoms. The van der Waals surface area contributed by atoms with Crippen molar-refractivity contribution in [1.82, 2.24) is 4.90 Å². The van der Waals surface area contributed by atoms with Crippen molar-refractivity contribution in [3.63, 3.8) is 0 Å². The first-order valence-corrected chi connectivity index (χ1v) is 11.6. The number of ketones is 1. The van der Waals surface area contributed by atoms with Gasteiger partial charge in [-0.15, -0.1) is 0 Å². The maximum atomic E-state index is 14.6. The number of ether oxygens (including phenoxy) is 2. The maximum Gasteiger partial charge on any atom is 0.256 e. The van der Waals surface area contributed by atoms with Crippen molar-refractivity contribution in [2.24, 2.45) is 5.92 Å². The summed E-state index contributed by atoms with van der Waals surface area (Å²) in [6.07, 6.45) is 1.75. The van der Waals surface area contributed by atoms with Crippen LogP contribution in [-0.2, 0) is 11.2 Å². The van der Waals surface area contributed by atoms with E-state index in [-0.39, 0.29) is 30.3 Å². The molecular formula is C28H26FNO4. The monoisotopic (exact) mass is 459 g/mol. The van der Waals surface area contributed by atoms with Gasteiger partial charge in [-0.3, -0.25) is 9.59 Å². The Hall–Kier alpha value is -3.67. The molecule has 0 aliphatic carbocycles. The summed E-state index contributed by atoms with van der Waals surface area (Å²) in [6, 6.07) is 20.9. The molecule has 34 heavy (non-hydrogen) atoms. The Morgan fingerprint density at radius 2 is 1.76 bits per heavy atom. The van der Waals surface area contributed by atoms with Crippen LogP contribution in [0, 0.1) is 11.7 Å². The van der Waals surface area contributed by atoms with Gasteiger partial charge in [0.15, 0.2) is 5.78 Å². The second kappa shape index (κ2) is 9.67. The predicted octanol–water partition coefficient (Wildman–Crippen LogP) is 4.93. The average molecular weight is 460 g/mol. The van der Waals surface area contributed by atoms with Crippen molar-refractivity contribution in [1.29, 1.82) is 0 Å². The molecule has 2 aliphatic rings. The van der Waals surface area contributed by atoms with Crippen LogP contribution in [0.25, 0.3) is 11.1 Å². The number of hydrogen-bond acceptors (Lipinski definition) is 4. The quantitative estimate of drug-likeness (QED) is 0.543. The molecule has 174 valence electrons. The molecule has 0 atom stereocenters. The summed E-state index contributed by atoms with van der Waals surface area (Å²) < 4.78 is 25.9. The summed E-state index contributed by atoms with van der Waals surface area (Å²) in [5.74, 6) is 0.472. The van der Waals surface area contributed by atoms with Crippen molar-refractivity contribution in [3.8, 4) is 22.6 Å². The summed E-state index contributed by atoms with van der Waals surface area (Å²) in [5.41, 5.74) is 2.83. The van der Waals surface area contributed by atoms with Crippen molar-refractivity contribution in [3.05, 3.63) is 83.7 Å². The van der Waals surface area contributed by atoms with Crippen LogP contribution in [0.15, 0.2) is 66.7 Å². The number of amides is 1. The zero-order valence-electron chi connectivity index (χ0n) is 18.8. The zero-order valence-corrected chi connectivity index (χ0v) is 18.8. The van der Waals surface area contributed by atoms with Gasteiger partial charge in [0.25, 0.3) is 5.91 Å². The fourth-order valence-electron chi connectivity index (χ4n) is 4.54. The van der Waals surface area contributed by atoms with Crippen LogP contribution >= 0.6 is 0 Å². The fraction of sp³-hybridized carbons (Fsp3) is 0.286. The molecule has 0 radical (unpaired) electrons. The average Bonchev–Trinajstić information content (AvgIpc) is 2.88. The summed E-state index contributed by atoms with van der Waals surface area (Å²) in [5, 5.41) is 0. The molecule has 5 rings (SSSR count). The van der Waals surface area contributed by atoms with E-state index in [0.29, 0.717) is 36.9 Å². The lowest BCUT2D eigenvalue weighted by Gasteiger charge is -2.32. The van der Waals surface area contributed by atoms with E-state index in [1.807, 2.05) is 36.4 Å². The lowest BCUT2D eigenvalue weighted by atomic mass is 9.96. The topological polar surface area (TPSA) is 55.8 Å². The van der Waals surface area contributed by atoms with Gasteiger partial charge in [0.05, 0.1) is 12.2 Å². The highest BCUT2D eigenvalue weighted by molar-refractivity contribution is 5.95. The molecule has 0 unspecified atom stereocenters. The van der Waals surface area contributed by atoms with Gasteiger partial charge in [-0.2, -0.15) is 0 Å². The first-order valence-electron chi connectivity index (χ1n) is 11.6. The van der Waals surface area contributed by atoms with E-state index >= 15 is 0 Å². The number of carbonyl (C=O) groups is 2. The van der Waals surface area contributed by atoms with Crippen LogP contribution in [-0.4, -0.2) is 42.9 Å². The van der Waals surface area contributed by atoms with Crippen molar-refractivity contribution in [2.75, 3.05) is 26.3 Å². The van der Waals surface area contributed by atoms with Crippen LogP contribution in [0.2, 0.25) is 0 Å². The second-order valence-corrected chi connectivity index (χ2v) is 8.88. The summed E-state index contributed by atoms with van der Waals surface area (Å²) in [4.78, 5) is 26.3. The molecule has 3 aromatic rings. The normalized spacial score (nSPS) is 16.0. The third kappa shape index (κ3) is 4.81. The van der Waals surface area contributed by atoms with E-state index in [1.54, 1.807) is 4.90 Å². The molecule has 1 fully saturated rings. The Morgan fingerprint density at radius 3 is 2.56 bits per heavy atom. The first kappa shape index (κ1) is 22.1. The van der Waals surface area contributed by atoms with E-state index in [0.717, 1.165) is 29.7 Å². The third-order valence-corrected chi connectivity index (χ3v) is 6.49. The highest BCUT2D eigenvalue weighted by atomic mass is 19.1. The standard InChI is InChI=1S/C28H26FNO4/c29-26-16-27-22(13-23(31)18-34-27)15-25(26)28(32)30-11-9-19(10-12-30)17-33-24-8-4-7-21(14-24)20-5-2-1-3-6-20/h1-8,14-16,19H,9-13,17-18H2. The molecule has 1 saturated heterocycles. The molecule has 5 nitrogen and oxygen atoms in total. The Bertz CT molecular complexity index is 1200. The van der Waals surface area contributed by atoms with Gasteiger partial charge >= 0.3 is 0 Å². The van der Waals surface area contributed by atoms with Gasteiger partial charge in [-0.05, 0) is 48.1 Å². The lowest BCUT2D eigenvalue weighted by molar-refractivity contribution is -0.121. The van der Waals surface area contributed by atoms with Gasteiger partial charge in [-0.25, -0.2) is 4.39 Å². The second-order valence-electron chi connectivity index (χ2n) is 8.88. The fourth-order valence-corrected chi connectivity index (χ4v) is 4.54. The zero-order chi connectivity index (χ0) is 23.5. The van der Waals surface area contributed by atoms with E-state index in [2.05, 4.69) is 18.2 Å². The molecule has 1 amide bonds. The van der Waals surface area contributed by atoms with Crippen molar-refractivity contribution in [2.45, 2.75) is 19.3 Å². The number of halogens is 1. The first-order chi connectivity index (χ1) is 16.6. The number of hydrogen-bond donors (Lipinski definition) is 0. The Labute approximate surface area is 198 Å². The van der Waals surface area contributed by atoms with Gasteiger partial charge in [0, 0.05) is 31.1 Å². The van der Waals surface area contributed by atoms with E-state index in [9.17, 15) is 14.0 Å². The number of carbonyl (C=O) groups excluding carboxylic acids is 2. The predicted molar refractivity (Wildman–Crippen MR) is 127 cm³/mol. The molecular weight excluding hydrogens is 433 g/mol. The number of nitrogens with zero attached hydrogens (tertiary/aromatic N) is 1. The Kier molecular flexibility index (Phi) is 6.30. The molecule has 0 N–H and O–H groups in total. The van der Waals surface area contributed by atoms with E-state index in [1.165, 1.54) is 12.1 Å². The maximum absolute atomic E-state index is 14.6. The number of fused-ring (bicyclic) bond motifs is 1. The Morgan fingerprint density at radius 1 is 1.00 bits per heavy atom. The largest absolute Gasteiger partial charge is 0.493 e. The molecule has 0 aromatic heterocycles. The van der Waals surface area contributed by atoms with E-state index < -0.39 is 5.82 Å². The number of Topliss-reactive ketones (excluding diaryl/α,β-unsaturated/α-hetero) is 1. The van der Waals surface area contributed by atoms with Gasteiger partial charge in [-0.1, -0.05) is 42.5 Å². The third-order valence-electron chi connectivity index (χ3n) is 6.49. The summed E-state index contributed by atoms with van der Waals surface area (Å²) >= 11 is 0. The van der Waals surface area contributed by atoms with Crippen LogP contribution in [0.5, 0.6) is 11.5 Å². The molecule has 2 heterocycles. The minimum absolute atomic E-state index is 0.00415. The van der Waals surface area contributed by atoms with Crippen LogP contribution in [0.3, 0.4) is 0 Å². The molecule has 0 spiro atoms. The van der Waals surface area contributed by atoms with Crippen LogP contribution in [0.4, 0.5) is 4.39 Å². The number of rotatable bonds is 5. The smallest absolute Gasteiger partial charge is 0.256 e. The summed E-state index contributed by atoms with van der Waals surface area (Å²) in [6.45, 7) is 1.62. The number of piperidine rings is 1. The van der Waals surface area contributed by atoms with Crippen LogP contribution < -0.4 is 9.47 Å². The van der Waals surface area contributed by atoms with Gasteiger partial charge in [0.1, 0.15) is 23.9 Å². The number of likely N-dealkylation sites (tertiary alicyclic amines) is 1. The minimum atomic E-state index is -0.609. The van der Waals surface area contributed by atoms with Gasteiger partial charge in [0.2, 0.25) is 0 Å². The van der Waals surface area contributed by atoms with Crippen molar-refractivity contribution >= 4 is 11.7 Å². The Balaban J connectivity index is 1.17.